The molecule has 1 aromatic heterocycles. The summed E-state index contributed by atoms with van der Waals surface area (Å²) in [4.78, 5) is 6.41. The smallest absolute Gasteiger partial charge is 0.125 e. The average molecular weight is 266 g/mol. The molecular weight excluding hydrogens is 248 g/mol. The molecular formula is C16H18N4. The Balaban J connectivity index is 2.11. The third-order valence-corrected chi connectivity index (χ3v) is 3.04. The summed E-state index contributed by atoms with van der Waals surface area (Å²) < 4.78 is 0. The number of nitrogens with one attached hydrogen (secondary N) is 1. The van der Waals surface area contributed by atoms with E-state index in [9.17, 15) is 0 Å². The Morgan fingerprint density at radius 3 is 2.70 bits per heavy atom. The van der Waals surface area contributed by atoms with Crippen LogP contribution in [0.5, 0.6) is 0 Å². The van der Waals surface area contributed by atoms with Crippen LogP contribution < -0.4 is 10.2 Å². The summed E-state index contributed by atoms with van der Waals surface area (Å²) in [6.45, 7) is 3.63. The second-order valence-electron chi connectivity index (χ2n) is 4.57. The minimum Gasteiger partial charge on any atom is -0.370 e. The second-order valence-corrected chi connectivity index (χ2v) is 4.57. The van der Waals surface area contributed by atoms with Gasteiger partial charge in [-0.1, -0.05) is 18.2 Å². The largest absolute Gasteiger partial charge is 0.370 e. The SMILES string of the molecule is CCNc1ccc(CN(C)c2ccccc2C#N)cn1. The Labute approximate surface area is 119 Å². The third-order valence-electron chi connectivity index (χ3n) is 3.04. The maximum absolute atomic E-state index is 9.13. The molecule has 102 valence electrons. The molecule has 0 saturated heterocycles. The number of aromatic nitrogens is 1. The highest BCUT2D eigenvalue weighted by Crippen LogP contribution is 2.20. The van der Waals surface area contributed by atoms with Crippen LogP contribution >= 0.6 is 0 Å². The summed E-state index contributed by atoms with van der Waals surface area (Å²) in [6, 6.07) is 13.9. The van der Waals surface area contributed by atoms with Gasteiger partial charge in [-0.25, -0.2) is 4.98 Å². The van der Waals surface area contributed by atoms with E-state index in [1.807, 2.05) is 50.5 Å². The highest BCUT2D eigenvalue weighted by Gasteiger charge is 2.07. The summed E-state index contributed by atoms with van der Waals surface area (Å²) in [6.07, 6.45) is 1.86. The number of benzene rings is 1. The van der Waals surface area contributed by atoms with Gasteiger partial charge in [-0.2, -0.15) is 5.26 Å². The summed E-state index contributed by atoms with van der Waals surface area (Å²) in [5.41, 5.74) is 2.74. The Kier molecular flexibility index (Phi) is 4.56. The van der Waals surface area contributed by atoms with Gasteiger partial charge in [0.2, 0.25) is 0 Å². The third kappa shape index (κ3) is 3.27. The van der Waals surface area contributed by atoms with Crippen molar-refractivity contribution in [2.75, 3.05) is 23.8 Å². The van der Waals surface area contributed by atoms with Gasteiger partial charge in [-0.05, 0) is 30.7 Å². The standard InChI is InChI=1S/C16H18N4/c1-3-18-16-9-8-13(11-19-16)12-20(2)15-7-5-4-6-14(15)10-17/h4-9,11H,3,12H2,1-2H3,(H,18,19). The van der Waals surface area contributed by atoms with Crippen molar-refractivity contribution in [3.05, 3.63) is 53.7 Å². The molecule has 0 bridgehead atoms. The lowest BCUT2D eigenvalue weighted by Gasteiger charge is -2.20. The summed E-state index contributed by atoms with van der Waals surface area (Å²) in [5, 5.41) is 12.3. The monoisotopic (exact) mass is 266 g/mol. The molecule has 0 fully saturated rings. The molecule has 0 aliphatic heterocycles. The Hall–Kier alpha value is -2.54. The number of pyridine rings is 1. The molecule has 2 aromatic rings. The first-order chi connectivity index (χ1) is 9.74. The predicted octanol–water partition coefficient (Wildman–Crippen LogP) is 3.02. The van der Waals surface area contributed by atoms with E-state index in [-0.39, 0.29) is 0 Å². The first kappa shape index (κ1) is 13.9. The van der Waals surface area contributed by atoms with Crippen LogP contribution in [0, 0.1) is 11.3 Å². The Morgan fingerprint density at radius 2 is 2.05 bits per heavy atom. The number of hydrogen-bond donors (Lipinski definition) is 1. The van der Waals surface area contributed by atoms with Crippen LogP contribution in [0.2, 0.25) is 0 Å². The lowest BCUT2D eigenvalue weighted by Crippen LogP contribution is -2.17. The normalized spacial score (nSPS) is 9.85. The van der Waals surface area contributed by atoms with E-state index in [4.69, 9.17) is 5.26 Å². The molecule has 0 saturated carbocycles. The first-order valence-electron chi connectivity index (χ1n) is 6.63. The lowest BCUT2D eigenvalue weighted by atomic mass is 10.1. The van der Waals surface area contributed by atoms with Crippen LogP contribution in [-0.4, -0.2) is 18.6 Å². The molecule has 0 aliphatic carbocycles. The van der Waals surface area contributed by atoms with Gasteiger partial charge in [0.05, 0.1) is 11.3 Å². The number of nitriles is 1. The molecule has 4 heteroatoms. The molecule has 0 spiro atoms. The second kappa shape index (κ2) is 6.58. The highest BCUT2D eigenvalue weighted by atomic mass is 15.1. The van der Waals surface area contributed by atoms with Crippen molar-refractivity contribution in [3.63, 3.8) is 0 Å². The zero-order valence-electron chi connectivity index (χ0n) is 11.8. The number of hydrogen-bond acceptors (Lipinski definition) is 4. The minimum atomic E-state index is 0.687. The van der Waals surface area contributed by atoms with Crippen LogP contribution in [-0.2, 0) is 6.54 Å². The average Bonchev–Trinajstić information content (AvgIpc) is 2.49. The molecule has 1 N–H and O–H groups in total. The molecule has 0 radical (unpaired) electrons. The van der Waals surface area contributed by atoms with Gasteiger partial charge < -0.3 is 10.2 Å². The summed E-state index contributed by atoms with van der Waals surface area (Å²) in [5.74, 6) is 0.885. The zero-order valence-corrected chi connectivity index (χ0v) is 11.8. The van der Waals surface area contributed by atoms with Crippen molar-refractivity contribution in [1.82, 2.24) is 4.98 Å². The zero-order chi connectivity index (χ0) is 14.4. The van der Waals surface area contributed by atoms with E-state index in [0.717, 1.165) is 30.2 Å². The van der Waals surface area contributed by atoms with Crippen molar-refractivity contribution >= 4 is 11.5 Å². The number of rotatable bonds is 5. The fourth-order valence-electron chi connectivity index (χ4n) is 2.06. The van der Waals surface area contributed by atoms with Gasteiger partial charge in [-0.15, -0.1) is 0 Å². The van der Waals surface area contributed by atoms with Crippen molar-refractivity contribution in [1.29, 1.82) is 5.26 Å². The van der Waals surface area contributed by atoms with Gasteiger partial charge in [0.15, 0.2) is 0 Å². The van der Waals surface area contributed by atoms with Gasteiger partial charge >= 0.3 is 0 Å². The van der Waals surface area contributed by atoms with Crippen LogP contribution in [0.25, 0.3) is 0 Å². The van der Waals surface area contributed by atoms with Crippen molar-refractivity contribution in [2.45, 2.75) is 13.5 Å². The van der Waals surface area contributed by atoms with E-state index < -0.39 is 0 Å². The van der Waals surface area contributed by atoms with Crippen LogP contribution in [0.15, 0.2) is 42.6 Å². The molecule has 2 rings (SSSR count). The van der Waals surface area contributed by atoms with Gasteiger partial charge in [0, 0.05) is 26.3 Å². The Morgan fingerprint density at radius 1 is 1.25 bits per heavy atom. The molecule has 0 aliphatic rings. The summed E-state index contributed by atoms with van der Waals surface area (Å²) in [7, 11) is 1.98. The van der Waals surface area contributed by atoms with E-state index >= 15 is 0 Å². The van der Waals surface area contributed by atoms with Crippen molar-refractivity contribution in [3.8, 4) is 6.07 Å². The van der Waals surface area contributed by atoms with Crippen molar-refractivity contribution in [2.24, 2.45) is 0 Å². The molecule has 0 unspecified atom stereocenters. The maximum Gasteiger partial charge on any atom is 0.125 e. The lowest BCUT2D eigenvalue weighted by molar-refractivity contribution is 0.913. The maximum atomic E-state index is 9.13. The molecule has 1 aromatic carbocycles. The highest BCUT2D eigenvalue weighted by molar-refractivity contribution is 5.58. The van der Waals surface area contributed by atoms with E-state index in [1.165, 1.54) is 0 Å². The fraction of sp³-hybridized carbons (Fsp3) is 0.250. The van der Waals surface area contributed by atoms with Crippen molar-refractivity contribution < 1.29 is 0 Å². The topological polar surface area (TPSA) is 52.0 Å². The molecule has 0 amide bonds. The molecule has 20 heavy (non-hydrogen) atoms. The molecule has 4 nitrogen and oxygen atoms in total. The summed E-state index contributed by atoms with van der Waals surface area (Å²) >= 11 is 0. The van der Waals surface area contributed by atoms with E-state index in [2.05, 4.69) is 27.3 Å². The molecule has 1 heterocycles. The van der Waals surface area contributed by atoms with Gasteiger partial charge in [0.25, 0.3) is 0 Å². The predicted molar refractivity (Wildman–Crippen MR) is 81.7 cm³/mol. The first-order valence-corrected chi connectivity index (χ1v) is 6.63. The van der Waals surface area contributed by atoms with Crippen LogP contribution in [0.4, 0.5) is 11.5 Å². The minimum absolute atomic E-state index is 0.687. The van der Waals surface area contributed by atoms with E-state index in [0.29, 0.717) is 5.56 Å². The fourth-order valence-corrected chi connectivity index (χ4v) is 2.06. The van der Waals surface area contributed by atoms with Crippen LogP contribution in [0.1, 0.15) is 18.1 Å². The van der Waals surface area contributed by atoms with Gasteiger partial charge in [0.1, 0.15) is 11.9 Å². The molecule has 0 atom stereocenters. The van der Waals surface area contributed by atoms with E-state index in [1.54, 1.807) is 0 Å². The number of para-hydroxylation sites is 1. The van der Waals surface area contributed by atoms with Gasteiger partial charge in [-0.3, -0.25) is 0 Å². The number of anilines is 2. The quantitative estimate of drug-likeness (QED) is 0.903. The van der Waals surface area contributed by atoms with Crippen LogP contribution in [0.3, 0.4) is 0 Å². The number of nitrogens with zero attached hydrogens (tertiary/aromatic N) is 3. The Bertz CT molecular complexity index is 599.